The minimum absolute atomic E-state index is 0.324. The lowest BCUT2D eigenvalue weighted by atomic mass is 9.87. The molecular weight excluding hydrogens is 298 g/mol. The van der Waals surface area contributed by atoms with Crippen LogP contribution in [0, 0.1) is 5.92 Å². The second-order valence-corrected chi connectivity index (χ2v) is 6.63. The Hall–Kier alpha value is -1.84. The number of ether oxygens (including phenoxy) is 1. The van der Waals surface area contributed by atoms with Crippen LogP contribution in [0.1, 0.15) is 30.1 Å². The molecule has 0 amide bonds. The van der Waals surface area contributed by atoms with Crippen LogP contribution in [-0.2, 0) is 6.42 Å². The van der Waals surface area contributed by atoms with Gasteiger partial charge in [0.2, 0.25) is 0 Å². The van der Waals surface area contributed by atoms with Gasteiger partial charge in [-0.25, -0.2) is 0 Å². The van der Waals surface area contributed by atoms with Gasteiger partial charge in [-0.15, -0.1) is 0 Å². The molecule has 0 radical (unpaired) electrons. The van der Waals surface area contributed by atoms with Gasteiger partial charge in [0.15, 0.2) is 0 Å². The first-order valence-electron chi connectivity index (χ1n) is 8.84. The van der Waals surface area contributed by atoms with Gasteiger partial charge in [0, 0.05) is 6.54 Å². The van der Waals surface area contributed by atoms with Gasteiger partial charge in [0.25, 0.3) is 0 Å². The number of aliphatic hydroxyl groups is 1. The van der Waals surface area contributed by atoms with Crippen molar-refractivity contribution >= 4 is 0 Å². The zero-order chi connectivity index (χ0) is 16.8. The van der Waals surface area contributed by atoms with Gasteiger partial charge in [-0.3, -0.25) is 0 Å². The summed E-state index contributed by atoms with van der Waals surface area (Å²) in [5, 5.41) is 10.6. The number of hydrogen-bond donors (Lipinski definition) is 1. The van der Waals surface area contributed by atoms with Gasteiger partial charge in [-0.1, -0.05) is 42.5 Å². The first-order chi connectivity index (χ1) is 11.8. The summed E-state index contributed by atoms with van der Waals surface area (Å²) in [6.07, 6.45) is 2.88. The molecule has 3 nitrogen and oxygen atoms in total. The van der Waals surface area contributed by atoms with Crippen LogP contribution in [0.3, 0.4) is 0 Å². The van der Waals surface area contributed by atoms with E-state index < -0.39 is 0 Å². The van der Waals surface area contributed by atoms with Crippen LogP contribution in [0.4, 0.5) is 0 Å². The highest BCUT2D eigenvalue weighted by Crippen LogP contribution is 2.30. The first-order valence-corrected chi connectivity index (χ1v) is 8.84. The zero-order valence-corrected chi connectivity index (χ0v) is 14.4. The summed E-state index contributed by atoms with van der Waals surface area (Å²) in [5.74, 6) is 1.29. The number of rotatable bonds is 6. The lowest BCUT2D eigenvalue weighted by molar-refractivity contribution is 0.0592. The highest BCUT2D eigenvalue weighted by Gasteiger charge is 2.25. The molecule has 128 valence electrons. The van der Waals surface area contributed by atoms with Crippen LogP contribution in [0.2, 0.25) is 0 Å². The molecule has 1 aliphatic rings. The number of likely N-dealkylation sites (tertiary alicyclic amines) is 1. The third kappa shape index (κ3) is 4.37. The van der Waals surface area contributed by atoms with Crippen molar-refractivity contribution in [1.29, 1.82) is 0 Å². The molecule has 3 rings (SSSR count). The van der Waals surface area contributed by atoms with E-state index in [-0.39, 0.29) is 6.10 Å². The fourth-order valence-corrected chi connectivity index (χ4v) is 3.49. The molecule has 24 heavy (non-hydrogen) atoms. The van der Waals surface area contributed by atoms with Gasteiger partial charge >= 0.3 is 0 Å². The van der Waals surface area contributed by atoms with E-state index in [1.165, 1.54) is 5.56 Å². The van der Waals surface area contributed by atoms with Crippen molar-refractivity contribution in [2.24, 2.45) is 5.92 Å². The van der Waals surface area contributed by atoms with Crippen molar-refractivity contribution in [2.45, 2.75) is 25.4 Å². The third-order valence-electron chi connectivity index (χ3n) is 5.10. The molecule has 3 heteroatoms. The van der Waals surface area contributed by atoms with Gasteiger partial charge < -0.3 is 14.7 Å². The number of piperidine rings is 1. The smallest absolute Gasteiger partial charge is 0.118 e. The van der Waals surface area contributed by atoms with Crippen molar-refractivity contribution in [2.75, 3.05) is 26.7 Å². The Morgan fingerprint density at radius 3 is 2.33 bits per heavy atom. The predicted octanol–water partition coefficient (Wildman–Crippen LogP) is 3.68. The summed E-state index contributed by atoms with van der Waals surface area (Å²) in [4.78, 5) is 2.51. The Balaban J connectivity index is 1.45. The molecular formula is C21H27NO2. The van der Waals surface area contributed by atoms with Crippen molar-refractivity contribution in [3.05, 3.63) is 65.7 Å². The standard InChI is InChI=1S/C21H27NO2/c1-24-20-9-7-17(8-10-20)11-14-22-15-12-19(13-16-22)21(23)18-5-3-2-4-6-18/h2-10,19,21,23H,11-16H2,1H3. The van der Waals surface area contributed by atoms with Crippen LogP contribution in [-0.4, -0.2) is 36.8 Å². The minimum Gasteiger partial charge on any atom is -0.497 e. The Kier molecular flexibility index (Phi) is 5.89. The molecule has 0 aliphatic carbocycles. The predicted molar refractivity (Wildman–Crippen MR) is 97.3 cm³/mol. The van der Waals surface area contributed by atoms with Crippen molar-refractivity contribution in [1.82, 2.24) is 4.90 Å². The quantitative estimate of drug-likeness (QED) is 0.879. The Bertz CT molecular complexity index is 603. The highest BCUT2D eigenvalue weighted by atomic mass is 16.5. The summed E-state index contributed by atoms with van der Waals surface area (Å²) in [6, 6.07) is 18.4. The fourth-order valence-electron chi connectivity index (χ4n) is 3.49. The topological polar surface area (TPSA) is 32.7 Å². The van der Waals surface area contributed by atoms with Gasteiger partial charge in [-0.05, 0) is 61.5 Å². The zero-order valence-electron chi connectivity index (χ0n) is 14.4. The van der Waals surface area contributed by atoms with Crippen LogP contribution in [0.15, 0.2) is 54.6 Å². The van der Waals surface area contributed by atoms with E-state index in [0.717, 1.165) is 50.2 Å². The summed E-state index contributed by atoms with van der Waals surface area (Å²) >= 11 is 0. The third-order valence-corrected chi connectivity index (χ3v) is 5.10. The van der Waals surface area contributed by atoms with Crippen LogP contribution >= 0.6 is 0 Å². The van der Waals surface area contributed by atoms with Crippen molar-refractivity contribution in [3.8, 4) is 5.75 Å². The maximum atomic E-state index is 10.6. The molecule has 1 atom stereocenters. The maximum Gasteiger partial charge on any atom is 0.118 e. The summed E-state index contributed by atoms with van der Waals surface area (Å²) < 4.78 is 5.20. The Morgan fingerprint density at radius 2 is 1.71 bits per heavy atom. The second kappa shape index (κ2) is 8.32. The molecule has 0 aromatic heterocycles. The number of nitrogens with zero attached hydrogens (tertiary/aromatic N) is 1. The fraction of sp³-hybridized carbons (Fsp3) is 0.429. The Labute approximate surface area is 144 Å². The molecule has 0 saturated carbocycles. The van der Waals surface area contributed by atoms with E-state index in [9.17, 15) is 5.11 Å². The number of methoxy groups -OCH3 is 1. The summed E-state index contributed by atoms with van der Waals surface area (Å²) in [7, 11) is 1.70. The average molecular weight is 325 g/mol. The van der Waals surface area contributed by atoms with Gasteiger partial charge in [0.1, 0.15) is 5.75 Å². The van der Waals surface area contributed by atoms with Gasteiger partial charge in [0.05, 0.1) is 13.2 Å². The molecule has 2 aromatic rings. The molecule has 1 aliphatic heterocycles. The molecule has 1 unspecified atom stereocenters. The molecule has 1 heterocycles. The van der Waals surface area contributed by atoms with E-state index >= 15 is 0 Å². The Morgan fingerprint density at radius 1 is 1.04 bits per heavy atom. The maximum absolute atomic E-state index is 10.6. The lowest BCUT2D eigenvalue weighted by Gasteiger charge is -2.34. The molecule has 1 N–H and O–H groups in total. The summed E-state index contributed by atoms with van der Waals surface area (Å²) in [6.45, 7) is 3.23. The molecule has 1 fully saturated rings. The SMILES string of the molecule is COc1ccc(CCN2CCC(C(O)c3ccccc3)CC2)cc1. The summed E-state index contributed by atoms with van der Waals surface area (Å²) in [5.41, 5.74) is 2.40. The van der Waals surface area contributed by atoms with Crippen molar-refractivity contribution in [3.63, 3.8) is 0 Å². The van der Waals surface area contributed by atoms with E-state index in [4.69, 9.17) is 4.74 Å². The molecule has 2 aromatic carbocycles. The van der Waals surface area contributed by atoms with Gasteiger partial charge in [-0.2, -0.15) is 0 Å². The first kappa shape index (κ1) is 17.0. The number of aliphatic hydroxyl groups excluding tert-OH is 1. The largest absolute Gasteiger partial charge is 0.497 e. The van der Waals surface area contributed by atoms with E-state index in [0.29, 0.717) is 5.92 Å². The van der Waals surface area contributed by atoms with Crippen LogP contribution < -0.4 is 4.74 Å². The van der Waals surface area contributed by atoms with Crippen LogP contribution in [0.25, 0.3) is 0 Å². The molecule has 1 saturated heterocycles. The number of hydrogen-bond acceptors (Lipinski definition) is 3. The monoisotopic (exact) mass is 325 g/mol. The van der Waals surface area contributed by atoms with E-state index in [1.807, 2.05) is 42.5 Å². The molecule has 0 spiro atoms. The van der Waals surface area contributed by atoms with Crippen molar-refractivity contribution < 1.29 is 9.84 Å². The number of benzene rings is 2. The van der Waals surface area contributed by atoms with Crippen LogP contribution in [0.5, 0.6) is 5.75 Å². The average Bonchev–Trinajstić information content (AvgIpc) is 2.67. The van der Waals surface area contributed by atoms with E-state index in [1.54, 1.807) is 7.11 Å². The highest BCUT2D eigenvalue weighted by molar-refractivity contribution is 5.27. The second-order valence-electron chi connectivity index (χ2n) is 6.63. The van der Waals surface area contributed by atoms with E-state index in [2.05, 4.69) is 17.0 Å². The lowest BCUT2D eigenvalue weighted by Crippen LogP contribution is -2.36. The molecule has 0 bridgehead atoms. The normalized spacial score (nSPS) is 17.6. The minimum atomic E-state index is -0.324.